The Morgan fingerprint density at radius 3 is 2.42 bits per heavy atom. The maximum absolute atomic E-state index is 15.5. The van der Waals surface area contributed by atoms with Crippen LogP contribution in [0.3, 0.4) is 0 Å². The summed E-state index contributed by atoms with van der Waals surface area (Å²) in [5.74, 6) is 0. The fraction of sp³-hybridized carbons (Fsp3) is 0. The molecule has 0 radical (unpaired) electrons. The van der Waals surface area contributed by atoms with Gasteiger partial charge in [0.2, 0.25) is 0 Å². The molecule has 0 spiro atoms. The molecule has 5 rings (SSSR count). The van der Waals surface area contributed by atoms with Crippen molar-refractivity contribution >= 4 is 36.6 Å². The Bertz CT molecular complexity index is 1320. The molecule has 3 heterocycles. The number of halogens is 2. The van der Waals surface area contributed by atoms with E-state index in [4.69, 9.17) is 0 Å². The Morgan fingerprint density at radius 2 is 1.71 bits per heavy atom. The maximum atomic E-state index is 15.5. The molecule has 0 fully saturated rings. The third-order valence-electron chi connectivity index (χ3n) is 5.50. The Balaban J connectivity index is 1.61. The van der Waals surface area contributed by atoms with Crippen molar-refractivity contribution < 1.29 is 18.0 Å². The second-order valence-corrected chi connectivity index (χ2v) is 7.33. The number of hydrogen-bond acceptors (Lipinski definition) is 2. The fourth-order valence-corrected chi connectivity index (χ4v) is 4.07. The maximum Gasteiger partial charge on any atom is 0.737 e. The van der Waals surface area contributed by atoms with Crippen LogP contribution in [0.25, 0.3) is 17.7 Å². The first-order valence-corrected chi connectivity index (χ1v) is 9.73. The minimum Gasteiger partial charge on any atom is -0.390 e. The highest BCUT2D eigenvalue weighted by molar-refractivity contribution is 6.58. The first-order valence-electron chi connectivity index (χ1n) is 9.73. The van der Waals surface area contributed by atoms with Gasteiger partial charge in [0, 0.05) is 35.7 Å². The average molecular weight is 415 g/mol. The summed E-state index contributed by atoms with van der Waals surface area (Å²) in [6, 6.07) is 18.8. The number of non-ortho nitro benzene ring substituents is 1. The second kappa shape index (κ2) is 7.02. The number of fused-ring (bicyclic) bond motifs is 2. The second-order valence-electron chi connectivity index (χ2n) is 7.33. The molecule has 2 aliphatic rings. The van der Waals surface area contributed by atoms with Crippen molar-refractivity contribution in [3.63, 3.8) is 0 Å². The van der Waals surface area contributed by atoms with Gasteiger partial charge in [-0.15, -0.1) is 0 Å². The summed E-state index contributed by atoms with van der Waals surface area (Å²) in [6.07, 6.45) is 8.03. The van der Waals surface area contributed by atoms with Crippen LogP contribution in [0, 0.1) is 10.1 Å². The molecule has 0 N–H and O–H groups in total. The number of aromatic nitrogens is 1. The summed E-state index contributed by atoms with van der Waals surface area (Å²) in [5.41, 5.74) is 3.55. The van der Waals surface area contributed by atoms with E-state index < -0.39 is 11.9 Å². The molecule has 152 valence electrons. The van der Waals surface area contributed by atoms with Gasteiger partial charge >= 0.3 is 6.97 Å². The lowest BCUT2D eigenvalue weighted by Crippen LogP contribution is -2.50. The number of nitrogens with zero attached hydrogens (tertiary/aromatic N) is 3. The zero-order valence-electron chi connectivity index (χ0n) is 16.2. The molecular formula is C23H16BF2N3O2. The van der Waals surface area contributed by atoms with Crippen molar-refractivity contribution in [1.82, 2.24) is 4.48 Å². The molecule has 0 saturated carbocycles. The van der Waals surface area contributed by atoms with Crippen LogP contribution in [-0.4, -0.2) is 27.1 Å². The van der Waals surface area contributed by atoms with Gasteiger partial charge in [0.25, 0.3) is 5.69 Å². The largest absolute Gasteiger partial charge is 0.737 e. The van der Waals surface area contributed by atoms with E-state index in [0.29, 0.717) is 22.6 Å². The number of nitro groups is 1. The summed E-state index contributed by atoms with van der Waals surface area (Å²) >= 11 is 0. The number of benzene rings is 2. The number of rotatable bonds is 4. The minimum absolute atomic E-state index is 0.0191. The predicted octanol–water partition coefficient (Wildman–Crippen LogP) is 5.22. The number of hydrogen-bond donors (Lipinski definition) is 0. The predicted molar refractivity (Wildman–Crippen MR) is 118 cm³/mol. The van der Waals surface area contributed by atoms with E-state index >= 15 is 8.63 Å². The summed E-state index contributed by atoms with van der Waals surface area (Å²) in [6.45, 7) is -4.07. The quantitative estimate of drug-likeness (QED) is 0.334. The van der Waals surface area contributed by atoms with Gasteiger partial charge in [-0.25, -0.2) is 0 Å². The van der Waals surface area contributed by atoms with E-state index in [9.17, 15) is 10.1 Å². The van der Waals surface area contributed by atoms with Crippen molar-refractivity contribution in [2.75, 3.05) is 0 Å². The van der Waals surface area contributed by atoms with Crippen LogP contribution in [-0.2, 0) is 0 Å². The highest BCUT2D eigenvalue weighted by Crippen LogP contribution is 2.39. The molecular weight excluding hydrogens is 399 g/mol. The van der Waals surface area contributed by atoms with Gasteiger partial charge in [0.15, 0.2) is 5.70 Å². The van der Waals surface area contributed by atoms with Gasteiger partial charge in [0.05, 0.1) is 10.5 Å². The van der Waals surface area contributed by atoms with Gasteiger partial charge in [-0.2, -0.15) is 0 Å². The number of nitro benzene ring substituents is 1. The first-order chi connectivity index (χ1) is 15.0. The molecule has 2 aliphatic heterocycles. The van der Waals surface area contributed by atoms with Gasteiger partial charge < -0.3 is 17.6 Å². The lowest BCUT2D eigenvalue weighted by Gasteiger charge is -2.32. The highest BCUT2D eigenvalue weighted by Gasteiger charge is 2.52. The zero-order chi connectivity index (χ0) is 21.6. The molecule has 0 bridgehead atoms. The van der Waals surface area contributed by atoms with Crippen molar-refractivity contribution in [2.45, 2.75) is 0 Å². The van der Waals surface area contributed by atoms with E-state index in [0.717, 1.165) is 20.1 Å². The van der Waals surface area contributed by atoms with E-state index in [1.54, 1.807) is 48.6 Å². The summed E-state index contributed by atoms with van der Waals surface area (Å²) in [7, 11) is 0. The molecule has 31 heavy (non-hydrogen) atoms. The van der Waals surface area contributed by atoms with E-state index in [2.05, 4.69) is 0 Å². The van der Waals surface area contributed by atoms with Crippen molar-refractivity contribution in [3.8, 4) is 0 Å². The molecule has 3 aromatic rings. The van der Waals surface area contributed by atoms with Crippen molar-refractivity contribution in [3.05, 3.63) is 117 Å². The Hall–Kier alpha value is -4.07. The zero-order valence-corrected chi connectivity index (χ0v) is 16.2. The lowest BCUT2D eigenvalue weighted by molar-refractivity contribution is -0.384. The molecule has 2 aromatic carbocycles. The Kier molecular flexibility index (Phi) is 4.29. The Morgan fingerprint density at radius 1 is 0.968 bits per heavy atom. The first kappa shape index (κ1) is 18.9. The van der Waals surface area contributed by atoms with Crippen LogP contribution in [0.4, 0.5) is 14.3 Å². The molecule has 0 saturated heterocycles. The van der Waals surface area contributed by atoms with Crippen molar-refractivity contribution in [1.29, 1.82) is 0 Å². The van der Waals surface area contributed by atoms with Crippen molar-refractivity contribution in [2.24, 2.45) is 0 Å². The van der Waals surface area contributed by atoms with E-state index in [1.807, 2.05) is 30.3 Å². The Labute approximate surface area is 176 Å². The molecule has 0 aliphatic carbocycles. The SMILES string of the molecule is O=[N+]([O-])c1ccc(/C=C/c2ccc3n2[B-](F)(F)[N+]2=CC=CC2=C3c2ccccc2)cc1. The van der Waals surface area contributed by atoms with Gasteiger partial charge in [-0.3, -0.25) is 10.1 Å². The molecule has 0 atom stereocenters. The van der Waals surface area contributed by atoms with E-state index in [1.165, 1.54) is 18.3 Å². The molecule has 0 unspecified atom stereocenters. The smallest absolute Gasteiger partial charge is 0.390 e. The van der Waals surface area contributed by atoms with Crippen LogP contribution >= 0.6 is 0 Å². The minimum atomic E-state index is -4.07. The average Bonchev–Trinajstić information content (AvgIpc) is 3.42. The van der Waals surface area contributed by atoms with Gasteiger partial charge in [-0.05, 0) is 41.5 Å². The highest BCUT2D eigenvalue weighted by atomic mass is 19.2. The van der Waals surface area contributed by atoms with E-state index in [-0.39, 0.29) is 5.69 Å². The molecule has 1 aromatic heterocycles. The standard InChI is InChI=1S/C23H16BF2N3O2/c25-24(26)27-16-4-7-21(27)23(18-5-2-1-3-6-18)22-15-14-19(28(22)24)11-8-17-9-12-20(13-10-17)29(30)31/h1-16H/b11-8+. The van der Waals surface area contributed by atoms with Gasteiger partial charge in [-0.1, -0.05) is 36.4 Å². The lowest BCUT2D eigenvalue weighted by atomic mass is 9.86. The molecule has 0 amide bonds. The van der Waals surface area contributed by atoms with Crippen LogP contribution in [0.15, 0.2) is 84.6 Å². The molecule has 5 nitrogen and oxygen atoms in total. The summed E-state index contributed by atoms with van der Waals surface area (Å²) in [5, 5.41) is 10.8. The van der Waals surface area contributed by atoms with Crippen LogP contribution in [0.2, 0.25) is 0 Å². The van der Waals surface area contributed by atoms with Crippen LogP contribution in [0.1, 0.15) is 22.5 Å². The number of allylic oxidation sites excluding steroid dienone is 2. The monoisotopic (exact) mass is 415 g/mol. The summed E-state index contributed by atoms with van der Waals surface area (Å²) in [4.78, 5) is 10.3. The van der Waals surface area contributed by atoms with Gasteiger partial charge in [0.1, 0.15) is 6.21 Å². The third-order valence-corrected chi connectivity index (χ3v) is 5.50. The fourth-order valence-electron chi connectivity index (χ4n) is 4.07. The third kappa shape index (κ3) is 3.04. The topological polar surface area (TPSA) is 51.1 Å². The molecule has 8 heteroatoms. The normalized spacial score (nSPS) is 16.4. The van der Waals surface area contributed by atoms with Crippen LogP contribution in [0.5, 0.6) is 0 Å². The van der Waals surface area contributed by atoms with Crippen LogP contribution < -0.4 is 0 Å². The summed E-state index contributed by atoms with van der Waals surface area (Å²) < 4.78 is 33.2.